The second kappa shape index (κ2) is 6.88. The molecule has 108 valence electrons. The van der Waals surface area contributed by atoms with Gasteiger partial charge in [-0.25, -0.2) is 0 Å². The monoisotopic (exact) mass is 295 g/mol. The highest BCUT2D eigenvalue weighted by atomic mass is 32.1. The van der Waals surface area contributed by atoms with E-state index in [-0.39, 0.29) is 0 Å². The van der Waals surface area contributed by atoms with Crippen LogP contribution < -0.4 is 5.32 Å². The molecule has 0 aliphatic heterocycles. The quantitative estimate of drug-likeness (QED) is 0.660. The van der Waals surface area contributed by atoms with Crippen LogP contribution >= 0.6 is 11.3 Å². The van der Waals surface area contributed by atoms with Crippen LogP contribution in [0.2, 0.25) is 0 Å². The summed E-state index contributed by atoms with van der Waals surface area (Å²) in [5.74, 6) is 0. The van der Waals surface area contributed by atoms with Crippen molar-refractivity contribution >= 4 is 21.4 Å². The Morgan fingerprint density at radius 2 is 1.76 bits per heavy atom. The average molecular weight is 295 g/mol. The fourth-order valence-corrected chi connectivity index (χ4v) is 3.70. The summed E-state index contributed by atoms with van der Waals surface area (Å²) >= 11 is 1.85. The number of nitrogens with one attached hydrogen (secondary N) is 1. The number of benzene rings is 2. The minimum absolute atomic E-state index is 0.393. The Hall–Kier alpha value is -1.64. The first-order chi connectivity index (χ1) is 10.4. The minimum atomic E-state index is 0.393. The molecule has 21 heavy (non-hydrogen) atoms. The van der Waals surface area contributed by atoms with Crippen molar-refractivity contribution in [2.45, 2.75) is 25.8 Å². The fourth-order valence-electron chi connectivity index (χ4n) is 2.72. The van der Waals surface area contributed by atoms with Crippen molar-refractivity contribution in [1.82, 2.24) is 5.32 Å². The molecule has 0 fully saturated rings. The molecular formula is C19H21NS. The molecule has 1 unspecified atom stereocenters. The molecule has 0 saturated heterocycles. The first-order valence-corrected chi connectivity index (χ1v) is 8.50. The van der Waals surface area contributed by atoms with E-state index in [1.54, 1.807) is 0 Å². The highest BCUT2D eigenvalue weighted by Gasteiger charge is 2.13. The van der Waals surface area contributed by atoms with Gasteiger partial charge < -0.3 is 5.32 Å². The van der Waals surface area contributed by atoms with Gasteiger partial charge in [-0.1, -0.05) is 55.5 Å². The fraction of sp³-hybridized carbons (Fsp3) is 0.263. The van der Waals surface area contributed by atoms with Gasteiger partial charge in [0, 0.05) is 10.7 Å². The molecule has 2 heteroatoms. The van der Waals surface area contributed by atoms with Crippen molar-refractivity contribution in [3.63, 3.8) is 0 Å². The number of thiophene rings is 1. The van der Waals surface area contributed by atoms with E-state index in [4.69, 9.17) is 0 Å². The number of hydrogen-bond acceptors (Lipinski definition) is 2. The molecule has 3 rings (SSSR count). The number of hydrogen-bond donors (Lipinski definition) is 1. The molecule has 3 aromatic rings. The Morgan fingerprint density at radius 3 is 2.57 bits per heavy atom. The van der Waals surface area contributed by atoms with Crippen molar-refractivity contribution in [3.8, 4) is 0 Å². The standard InChI is InChI=1S/C19H21NS/c1-2-12-20-18(15-8-4-3-5-9-15)13-16-14-21-19-11-7-6-10-17(16)19/h3-11,14,18,20H,2,12-13H2,1H3. The minimum Gasteiger partial charge on any atom is -0.310 e. The highest BCUT2D eigenvalue weighted by Crippen LogP contribution is 2.29. The predicted octanol–water partition coefficient (Wildman–Crippen LogP) is 5.18. The summed E-state index contributed by atoms with van der Waals surface area (Å²) in [6.45, 7) is 3.27. The summed E-state index contributed by atoms with van der Waals surface area (Å²) in [4.78, 5) is 0. The van der Waals surface area contributed by atoms with Crippen LogP contribution in [-0.4, -0.2) is 6.54 Å². The second-order valence-electron chi connectivity index (χ2n) is 5.38. The zero-order valence-electron chi connectivity index (χ0n) is 12.4. The molecule has 1 heterocycles. The Kier molecular flexibility index (Phi) is 4.69. The van der Waals surface area contributed by atoms with Crippen molar-refractivity contribution in [3.05, 3.63) is 71.1 Å². The van der Waals surface area contributed by atoms with Gasteiger partial charge in [0.1, 0.15) is 0 Å². The van der Waals surface area contributed by atoms with E-state index in [9.17, 15) is 0 Å². The maximum absolute atomic E-state index is 3.69. The third-order valence-corrected chi connectivity index (χ3v) is 4.84. The van der Waals surface area contributed by atoms with Gasteiger partial charge in [-0.3, -0.25) is 0 Å². The lowest BCUT2D eigenvalue weighted by molar-refractivity contribution is 0.531. The van der Waals surface area contributed by atoms with E-state index >= 15 is 0 Å². The zero-order valence-corrected chi connectivity index (χ0v) is 13.2. The normalized spacial score (nSPS) is 12.6. The molecule has 1 nitrogen and oxygen atoms in total. The lowest BCUT2D eigenvalue weighted by atomic mass is 9.98. The van der Waals surface area contributed by atoms with Crippen LogP contribution in [0.5, 0.6) is 0 Å². The SMILES string of the molecule is CCCNC(Cc1csc2ccccc12)c1ccccc1. The summed E-state index contributed by atoms with van der Waals surface area (Å²) in [5, 5.41) is 7.41. The van der Waals surface area contributed by atoms with Gasteiger partial charge in [-0.15, -0.1) is 11.3 Å². The summed E-state index contributed by atoms with van der Waals surface area (Å²) in [6.07, 6.45) is 2.21. The van der Waals surface area contributed by atoms with Crippen LogP contribution in [0.1, 0.15) is 30.5 Å². The summed E-state index contributed by atoms with van der Waals surface area (Å²) < 4.78 is 1.38. The molecule has 2 aromatic carbocycles. The first kappa shape index (κ1) is 14.3. The van der Waals surface area contributed by atoms with Crippen LogP contribution in [0.15, 0.2) is 60.0 Å². The smallest absolute Gasteiger partial charge is 0.0361 e. The van der Waals surface area contributed by atoms with Crippen molar-refractivity contribution in [1.29, 1.82) is 0 Å². The predicted molar refractivity (Wildman–Crippen MR) is 93.0 cm³/mol. The van der Waals surface area contributed by atoms with Gasteiger partial charge >= 0.3 is 0 Å². The molecule has 0 amide bonds. The third kappa shape index (κ3) is 3.34. The molecule has 0 aliphatic carbocycles. The highest BCUT2D eigenvalue weighted by molar-refractivity contribution is 7.17. The molecular weight excluding hydrogens is 274 g/mol. The Labute approximate surface area is 130 Å². The Morgan fingerprint density at radius 1 is 1.00 bits per heavy atom. The molecule has 0 saturated carbocycles. The van der Waals surface area contributed by atoms with Gasteiger partial charge in [-0.2, -0.15) is 0 Å². The Balaban J connectivity index is 1.87. The molecule has 0 bridgehead atoms. The van der Waals surface area contributed by atoms with Crippen LogP contribution in [-0.2, 0) is 6.42 Å². The van der Waals surface area contributed by atoms with E-state index in [1.807, 2.05) is 11.3 Å². The van der Waals surface area contributed by atoms with E-state index in [0.29, 0.717) is 6.04 Å². The van der Waals surface area contributed by atoms with Gasteiger partial charge in [-0.05, 0) is 47.3 Å². The molecule has 1 atom stereocenters. The maximum Gasteiger partial charge on any atom is 0.0361 e. The van der Waals surface area contributed by atoms with Crippen LogP contribution in [0, 0.1) is 0 Å². The summed E-state index contributed by atoms with van der Waals surface area (Å²) in [7, 11) is 0. The van der Waals surface area contributed by atoms with Crippen molar-refractivity contribution < 1.29 is 0 Å². The average Bonchev–Trinajstić information content (AvgIpc) is 2.95. The number of rotatable bonds is 6. The topological polar surface area (TPSA) is 12.0 Å². The molecule has 1 N–H and O–H groups in total. The first-order valence-electron chi connectivity index (χ1n) is 7.62. The van der Waals surface area contributed by atoms with E-state index < -0.39 is 0 Å². The maximum atomic E-state index is 3.69. The van der Waals surface area contributed by atoms with E-state index in [1.165, 1.54) is 21.2 Å². The molecule has 0 radical (unpaired) electrons. The van der Waals surface area contributed by atoms with E-state index in [0.717, 1.165) is 19.4 Å². The van der Waals surface area contributed by atoms with Gasteiger partial charge in [0.15, 0.2) is 0 Å². The molecule has 0 aliphatic rings. The van der Waals surface area contributed by atoms with Gasteiger partial charge in [0.25, 0.3) is 0 Å². The lowest BCUT2D eigenvalue weighted by Crippen LogP contribution is -2.23. The zero-order chi connectivity index (χ0) is 14.5. The van der Waals surface area contributed by atoms with Crippen LogP contribution in [0.3, 0.4) is 0 Å². The van der Waals surface area contributed by atoms with Crippen LogP contribution in [0.25, 0.3) is 10.1 Å². The summed E-state index contributed by atoms with van der Waals surface area (Å²) in [6, 6.07) is 19.9. The van der Waals surface area contributed by atoms with Crippen molar-refractivity contribution in [2.24, 2.45) is 0 Å². The van der Waals surface area contributed by atoms with E-state index in [2.05, 4.69) is 72.2 Å². The molecule has 1 aromatic heterocycles. The summed E-state index contributed by atoms with van der Waals surface area (Å²) in [5.41, 5.74) is 2.83. The van der Waals surface area contributed by atoms with Crippen LogP contribution in [0.4, 0.5) is 0 Å². The third-order valence-electron chi connectivity index (χ3n) is 3.83. The second-order valence-corrected chi connectivity index (χ2v) is 6.29. The largest absolute Gasteiger partial charge is 0.310 e. The Bertz CT molecular complexity index is 687. The lowest BCUT2D eigenvalue weighted by Gasteiger charge is -2.19. The molecule has 0 spiro atoms. The van der Waals surface area contributed by atoms with Gasteiger partial charge in [0.2, 0.25) is 0 Å². The van der Waals surface area contributed by atoms with Gasteiger partial charge in [0.05, 0.1) is 0 Å². The number of fused-ring (bicyclic) bond motifs is 1. The van der Waals surface area contributed by atoms with Crippen molar-refractivity contribution in [2.75, 3.05) is 6.54 Å².